The molecule has 0 spiro atoms. The normalized spacial score (nSPS) is 19.4. The van der Waals surface area contributed by atoms with Crippen molar-refractivity contribution in [3.63, 3.8) is 0 Å². The van der Waals surface area contributed by atoms with Crippen LogP contribution in [0, 0.1) is 5.92 Å². The third kappa shape index (κ3) is 2.93. The van der Waals surface area contributed by atoms with E-state index < -0.39 is 0 Å². The number of piperidine rings is 1. The van der Waals surface area contributed by atoms with E-state index in [-0.39, 0.29) is 6.04 Å². The number of anilines is 1. The van der Waals surface area contributed by atoms with Crippen LogP contribution in [-0.4, -0.2) is 13.1 Å². The molecule has 1 unspecified atom stereocenters. The minimum Gasteiger partial charge on any atom is -0.370 e. The molecule has 1 fully saturated rings. The van der Waals surface area contributed by atoms with Crippen molar-refractivity contribution in [3.8, 4) is 0 Å². The van der Waals surface area contributed by atoms with Crippen LogP contribution in [0.4, 0.5) is 5.69 Å². The van der Waals surface area contributed by atoms with Crippen LogP contribution in [0.3, 0.4) is 0 Å². The number of halogens is 1. The van der Waals surface area contributed by atoms with E-state index in [1.54, 1.807) is 0 Å². The van der Waals surface area contributed by atoms with Crippen LogP contribution in [-0.2, 0) is 0 Å². The van der Waals surface area contributed by atoms with Gasteiger partial charge in [0.05, 0.1) is 10.7 Å². The van der Waals surface area contributed by atoms with Crippen LogP contribution in [0.15, 0.2) is 18.2 Å². The number of hydrogen-bond donors (Lipinski definition) is 1. The Hall–Kier alpha value is -0.730. The highest BCUT2D eigenvalue weighted by Gasteiger charge is 2.18. The smallest absolute Gasteiger partial charge is 0.0642 e. The molecule has 0 radical (unpaired) electrons. The molecule has 1 aromatic rings. The highest BCUT2D eigenvalue weighted by molar-refractivity contribution is 6.33. The molecule has 2 N–H and O–H groups in total. The minimum atomic E-state index is 0.0444. The van der Waals surface area contributed by atoms with E-state index in [0.717, 1.165) is 35.3 Å². The van der Waals surface area contributed by atoms with Crippen LogP contribution in [0.25, 0.3) is 0 Å². The van der Waals surface area contributed by atoms with E-state index in [4.69, 9.17) is 17.3 Å². The second-order valence-electron chi connectivity index (χ2n) is 5.17. The number of rotatable bonds is 2. The fraction of sp³-hybridized carbons (Fsp3) is 0.571. The van der Waals surface area contributed by atoms with Gasteiger partial charge in [-0.25, -0.2) is 0 Å². The van der Waals surface area contributed by atoms with E-state index >= 15 is 0 Å². The largest absolute Gasteiger partial charge is 0.370 e. The molecule has 1 aromatic carbocycles. The molecule has 94 valence electrons. The first-order valence-electron chi connectivity index (χ1n) is 6.38. The average molecular weight is 253 g/mol. The van der Waals surface area contributed by atoms with Crippen molar-refractivity contribution in [2.45, 2.75) is 32.7 Å². The Morgan fingerprint density at radius 1 is 1.35 bits per heavy atom. The summed E-state index contributed by atoms with van der Waals surface area (Å²) in [4.78, 5) is 2.38. The molecule has 0 aromatic heterocycles. The molecular weight excluding hydrogens is 232 g/mol. The van der Waals surface area contributed by atoms with Crippen LogP contribution in [0.2, 0.25) is 5.02 Å². The topological polar surface area (TPSA) is 29.3 Å². The Morgan fingerprint density at radius 3 is 2.53 bits per heavy atom. The maximum absolute atomic E-state index is 6.35. The predicted octanol–water partition coefficient (Wildman–Crippen LogP) is 3.60. The molecule has 1 aliphatic heterocycles. The summed E-state index contributed by atoms with van der Waals surface area (Å²) in [6, 6.07) is 6.24. The number of benzene rings is 1. The fourth-order valence-electron chi connectivity index (χ4n) is 2.31. The lowest BCUT2D eigenvalue weighted by molar-refractivity contribution is 0.438. The van der Waals surface area contributed by atoms with Gasteiger partial charge < -0.3 is 10.6 Å². The molecule has 0 aliphatic carbocycles. The standard InChI is InChI=1S/C14H21ClN2/c1-10-5-7-17(8-6-10)14-4-3-12(11(2)16)9-13(14)15/h3-4,9-11H,5-8,16H2,1-2H3. The van der Waals surface area contributed by atoms with Gasteiger partial charge >= 0.3 is 0 Å². The Kier molecular flexibility index (Phi) is 3.95. The summed E-state index contributed by atoms with van der Waals surface area (Å²) < 4.78 is 0. The summed E-state index contributed by atoms with van der Waals surface area (Å²) in [5.41, 5.74) is 8.11. The van der Waals surface area contributed by atoms with Gasteiger partial charge in [0.15, 0.2) is 0 Å². The molecule has 0 saturated carbocycles. The second-order valence-corrected chi connectivity index (χ2v) is 5.58. The number of hydrogen-bond acceptors (Lipinski definition) is 2. The number of nitrogens with zero attached hydrogens (tertiary/aromatic N) is 1. The molecule has 17 heavy (non-hydrogen) atoms. The second kappa shape index (κ2) is 5.28. The zero-order valence-electron chi connectivity index (χ0n) is 10.6. The van der Waals surface area contributed by atoms with Gasteiger partial charge in [-0.3, -0.25) is 0 Å². The van der Waals surface area contributed by atoms with Crippen molar-refractivity contribution in [3.05, 3.63) is 28.8 Å². The molecule has 0 bridgehead atoms. The van der Waals surface area contributed by atoms with E-state index in [9.17, 15) is 0 Å². The van der Waals surface area contributed by atoms with Crippen LogP contribution in [0.1, 0.15) is 38.3 Å². The maximum atomic E-state index is 6.35. The summed E-state index contributed by atoms with van der Waals surface area (Å²) in [7, 11) is 0. The monoisotopic (exact) mass is 252 g/mol. The van der Waals surface area contributed by atoms with E-state index in [1.807, 2.05) is 13.0 Å². The van der Waals surface area contributed by atoms with Gasteiger partial charge in [0, 0.05) is 19.1 Å². The van der Waals surface area contributed by atoms with Crippen LogP contribution < -0.4 is 10.6 Å². The van der Waals surface area contributed by atoms with Gasteiger partial charge in [-0.05, 0) is 43.4 Å². The molecule has 1 saturated heterocycles. The van der Waals surface area contributed by atoms with Crippen molar-refractivity contribution >= 4 is 17.3 Å². The first-order valence-corrected chi connectivity index (χ1v) is 6.75. The Bertz CT molecular complexity index is 382. The van der Waals surface area contributed by atoms with Gasteiger partial charge in [-0.15, -0.1) is 0 Å². The van der Waals surface area contributed by atoms with Gasteiger partial charge in [-0.2, -0.15) is 0 Å². The molecule has 1 heterocycles. The van der Waals surface area contributed by atoms with Crippen molar-refractivity contribution < 1.29 is 0 Å². The van der Waals surface area contributed by atoms with Crippen molar-refractivity contribution in [2.75, 3.05) is 18.0 Å². The van der Waals surface area contributed by atoms with Gasteiger partial charge in [0.2, 0.25) is 0 Å². The molecule has 1 atom stereocenters. The highest BCUT2D eigenvalue weighted by atomic mass is 35.5. The van der Waals surface area contributed by atoms with E-state index in [2.05, 4.69) is 24.0 Å². The quantitative estimate of drug-likeness (QED) is 0.872. The summed E-state index contributed by atoms with van der Waals surface area (Å²) in [5, 5.41) is 0.828. The first-order chi connectivity index (χ1) is 8.08. The lowest BCUT2D eigenvalue weighted by Gasteiger charge is -2.33. The third-order valence-electron chi connectivity index (χ3n) is 3.62. The van der Waals surface area contributed by atoms with Gasteiger partial charge in [-0.1, -0.05) is 24.6 Å². The zero-order valence-corrected chi connectivity index (χ0v) is 11.4. The van der Waals surface area contributed by atoms with Crippen molar-refractivity contribution in [1.29, 1.82) is 0 Å². The highest BCUT2D eigenvalue weighted by Crippen LogP contribution is 2.31. The SMILES string of the molecule is CC1CCN(c2ccc(C(C)N)cc2Cl)CC1. The maximum Gasteiger partial charge on any atom is 0.0642 e. The van der Waals surface area contributed by atoms with E-state index in [0.29, 0.717) is 0 Å². The molecular formula is C14H21ClN2. The Morgan fingerprint density at radius 2 is 2.00 bits per heavy atom. The van der Waals surface area contributed by atoms with Gasteiger partial charge in [0.25, 0.3) is 0 Å². The van der Waals surface area contributed by atoms with Crippen LogP contribution >= 0.6 is 11.6 Å². The molecule has 3 heteroatoms. The average Bonchev–Trinajstić information content (AvgIpc) is 2.30. The summed E-state index contributed by atoms with van der Waals surface area (Å²) in [6.45, 7) is 6.52. The zero-order chi connectivity index (χ0) is 12.4. The van der Waals surface area contributed by atoms with Crippen molar-refractivity contribution in [1.82, 2.24) is 0 Å². The molecule has 0 amide bonds. The fourth-order valence-corrected chi connectivity index (χ4v) is 2.62. The number of nitrogens with two attached hydrogens (primary N) is 1. The summed E-state index contributed by atoms with van der Waals surface area (Å²) in [6.07, 6.45) is 2.51. The van der Waals surface area contributed by atoms with Gasteiger partial charge in [0.1, 0.15) is 0 Å². The Balaban J connectivity index is 2.16. The molecule has 2 nitrogen and oxygen atoms in total. The Labute approximate surface area is 109 Å². The minimum absolute atomic E-state index is 0.0444. The summed E-state index contributed by atoms with van der Waals surface area (Å²) in [5.74, 6) is 0.841. The first kappa shape index (κ1) is 12.7. The van der Waals surface area contributed by atoms with Crippen molar-refractivity contribution in [2.24, 2.45) is 11.7 Å². The molecule has 2 rings (SSSR count). The lowest BCUT2D eigenvalue weighted by Crippen LogP contribution is -2.32. The van der Waals surface area contributed by atoms with Crippen LogP contribution in [0.5, 0.6) is 0 Å². The molecule has 1 aliphatic rings. The summed E-state index contributed by atoms with van der Waals surface area (Å²) >= 11 is 6.35. The van der Waals surface area contributed by atoms with E-state index in [1.165, 1.54) is 12.8 Å². The third-order valence-corrected chi connectivity index (χ3v) is 3.92. The predicted molar refractivity (Wildman–Crippen MR) is 74.7 cm³/mol. The lowest BCUT2D eigenvalue weighted by atomic mass is 9.98.